The summed E-state index contributed by atoms with van der Waals surface area (Å²) >= 11 is 2.16. The zero-order chi connectivity index (χ0) is 11.7. The zero-order valence-electron chi connectivity index (χ0n) is 9.59. The molecule has 0 aromatic heterocycles. The molecule has 0 aliphatic carbocycles. The third-order valence-electron chi connectivity index (χ3n) is 2.22. The maximum absolute atomic E-state index is 4.19. The molecule has 15 heavy (non-hydrogen) atoms. The number of hydrogen-bond acceptors (Lipinski definition) is 3. The highest BCUT2D eigenvalue weighted by Gasteiger charge is 2.04. The van der Waals surface area contributed by atoms with E-state index in [0.717, 1.165) is 18.6 Å². The summed E-state index contributed by atoms with van der Waals surface area (Å²) in [5, 5.41) is 4.19. The first-order chi connectivity index (χ1) is 7.11. The van der Waals surface area contributed by atoms with E-state index in [4.69, 9.17) is 0 Å². The van der Waals surface area contributed by atoms with Crippen molar-refractivity contribution in [2.45, 2.75) is 33.6 Å². The molecular formula is C11H19IN2S. The van der Waals surface area contributed by atoms with Gasteiger partial charge >= 0.3 is 0 Å². The van der Waals surface area contributed by atoms with Crippen molar-refractivity contribution in [3.63, 3.8) is 0 Å². The van der Waals surface area contributed by atoms with Crippen LogP contribution in [0.25, 0.3) is 0 Å². The maximum Gasteiger partial charge on any atom is 0.0396 e. The Bertz CT molecular complexity index is 249. The lowest BCUT2D eigenvalue weighted by molar-refractivity contribution is 0.645. The van der Waals surface area contributed by atoms with Gasteiger partial charge in [0.05, 0.1) is 0 Å². The van der Waals surface area contributed by atoms with Gasteiger partial charge in [-0.15, -0.1) is 0 Å². The van der Waals surface area contributed by atoms with Crippen molar-refractivity contribution in [3.05, 3.63) is 24.3 Å². The molecule has 1 unspecified atom stereocenters. The van der Waals surface area contributed by atoms with Crippen LogP contribution in [0.2, 0.25) is 0 Å². The van der Waals surface area contributed by atoms with Crippen molar-refractivity contribution in [1.82, 2.24) is 4.83 Å². The fourth-order valence-electron chi connectivity index (χ4n) is 1.14. The van der Waals surface area contributed by atoms with Crippen molar-refractivity contribution >= 4 is 36.0 Å². The molecule has 1 N–H and O–H groups in total. The molecule has 0 fully saturated rings. The van der Waals surface area contributed by atoms with Gasteiger partial charge in [-0.2, -0.15) is 5.10 Å². The van der Waals surface area contributed by atoms with Crippen LogP contribution in [-0.2, 0) is 0 Å². The van der Waals surface area contributed by atoms with E-state index in [-0.39, 0.29) is 0 Å². The largest absolute Gasteiger partial charge is 0.242 e. The van der Waals surface area contributed by atoms with Crippen molar-refractivity contribution in [2.75, 3.05) is 0 Å². The average Bonchev–Trinajstić information content (AvgIpc) is 2.23. The normalized spacial score (nSPS) is 14.3. The molecule has 1 atom stereocenters. The minimum Gasteiger partial charge on any atom is -0.242 e. The molecular weight excluding hydrogens is 319 g/mol. The number of nitrogens with zero attached hydrogens (tertiary/aromatic N) is 1. The topological polar surface area (TPSA) is 24.4 Å². The van der Waals surface area contributed by atoms with E-state index in [9.17, 15) is 0 Å². The molecule has 0 aromatic carbocycles. The summed E-state index contributed by atoms with van der Waals surface area (Å²) < 4.78 is 0. The van der Waals surface area contributed by atoms with E-state index in [2.05, 4.69) is 50.7 Å². The van der Waals surface area contributed by atoms with Crippen molar-refractivity contribution < 1.29 is 0 Å². The van der Waals surface area contributed by atoms with Gasteiger partial charge in [0.2, 0.25) is 0 Å². The molecule has 0 bridgehead atoms. The summed E-state index contributed by atoms with van der Waals surface area (Å²) in [4.78, 5) is 2.88. The third kappa shape index (κ3) is 7.90. The molecule has 0 rings (SSSR count). The Hall–Kier alpha value is 0.0300. The predicted octanol–water partition coefficient (Wildman–Crippen LogP) is 4.50. The van der Waals surface area contributed by atoms with Crippen LogP contribution in [0.3, 0.4) is 0 Å². The number of rotatable bonds is 7. The number of halogens is 1. The van der Waals surface area contributed by atoms with Crippen LogP contribution in [0, 0.1) is 5.92 Å². The Labute approximate surface area is 109 Å². The lowest BCUT2D eigenvalue weighted by Gasteiger charge is -2.11. The standard InChI is InChI=1S/C11H19IN2S/c1-5-6-9(2)10(3)7-8-11(4)13-14-15-12/h5-6,10,14H,2,7-8H2,1,3-4H3/b6-5-,13-11-. The van der Waals surface area contributed by atoms with Gasteiger partial charge in [-0.25, -0.2) is 4.83 Å². The Morgan fingerprint density at radius 3 is 2.87 bits per heavy atom. The van der Waals surface area contributed by atoms with E-state index >= 15 is 0 Å². The van der Waals surface area contributed by atoms with Crippen LogP contribution in [0.5, 0.6) is 0 Å². The third-order valence-corrected chi connectivity index (χ3v) is 2.98. The summed E-state index contributed by atoms with van der Waals surface area (Å²) in [6.07, 6.45) is 6.23. The molecule has 0 aliphatic rings. The van der Waals surface area contributed by atoms with E-state index in [1.165, 1.54) is 14.7 Å². The Morgan fingerprint density at radius 2 is 2.33 bits per heavy atom. The molecule has 0 radical (unpaired) electrons. The fraction of sp³-hybridized carbons (Fsp3) is 0.545. The molecule has 0 aromatic rings. The van der Waals surface area contributed by atoms with Crippen molar-refractivity contribution in [2.24, 2.45) is 11.0 Å². The van der Waals surface area contributed by atoms with Gasteiger partial charge in [0.15, 0.2) is 0 Å². The van der Waals surface area contributed by atoms with Gasteiger partial charge in [-0.3, -0.25) is 0 Å². The molecule has 0 aliphatic heterocycles. The molecule has 0 saturated heterocycles. The van der Waals surface area contributed by atoms with E-state index < -0.39 is 0 Å². The van der Waals surface area contributed by atoms with Gasteiger partial charge in [-0.05, 0) is 32.6 Å². The highest BCUT2D eigenvalue weighted by Crippen LogP contribution is 2.16. The molecule has 0 saturated carbocycles. The van der Waals surface area contributed by atoms with Crippen molar-refractivity contribution in [3.8, 4) is 0 Å². The first kappa shape index (κ1) is 15.0. The van der Waals surface area contributed by atoms with Crippen LogP contribution >= 0.6 is 30.3 Å². The number of nitrogens with one attached hydrogen (secondary N) is 1. The van der Waals surface area contributed by atoms with Gasteiger partial charge in [0, 0.05) is 36.0 Å². The smallest absolute Gasteiger partial charge is 0.0396 e. The number of hydrogen-bond donors (Lipinski definition) is 1. The highest BCUT2D eigenvalue weighted by atomic mass is 127. The second-order valence-electron chi connectivity index (χ2n) is 3.53. The molecule has 0 amide bonds. The second-order valence-corrected chi connectivity index (χ2v) is 5.19. The van der Waals surface area contributed by atoms with E-state index in [1.54, 1.807) is 0 Å². The van der Waals surface area contributed by atoms with Gasteiger partial charge < -0.3 is 0 Å². The van der Waals surface area contributed by atoms with Gasteiger partial charge in [-0.1, -0.05) is 31.2 Å². The Morgan fingerprint density at radius 1 is 1.67 bits per heavy atom. The number of allylic oxidation sites excluding steroid dienone is 3. The maximum atomic E-state index is 4.19. The fourth-order valence-corrected chi connectivity index (χ4v) is 1.63. The first-order valence-electron chi connectivity index (χ1n) is 4.99. The molecule has 4 heteroatoms. The van der Waals surface area contributed by atoms with Gasteiger partial charge in [0.25, 0.3) is 0 Å². The SMILES string of the molecule is C=C(/C=C\C)C(C)CC/C(C)=N\NSI. The average molecular weight is 338 g/mol. The van der Waals surface area contributed by atoms with E-state index in [0.29, 0.717) is 5.92 Å². The molecule has 0 spiro atoms. The van der Waals surface area contributed by atoms with Gasteiger partial charge in [0.1, 0.15) is 0 Å². The van der Waals surface area contributed by atoms with Crippen LogP contribution < -0.4 is 4.83 Å². The summed E-state index contributed by atoms with van der Waals surface area (Å²) in [5.41, 5.74) is 2.33. The minimum absolute atomic E-state index is 0.526. The predicted molar refractivity (Wildman–Crippen MR) is 80.2 cm³/mol. The van der Waals surface area contributed by atoms with Crippen LogP contribution in [0.15, 0.2) is 29.4 Å². The quantitative estimate of drug-likeness (QED) is 0.243. The molecule has 86 valence electrons. The second kappa shape index (κ2) is 9.27. The monoisotopic (exact) mass is 338 g/mol. The Balaban J connectivity index is 3.89. The summed E-state index contributed by atoms with van der Waals surface area (Å²) in [6, 6.07) is 0. The first-order valence-corrected chi connectivity index (χ1v) is 8.35. The lowest BCUT2D eigenvalue weighted by atomic mass is 9.96. The lowest BCUT2D eigenvalue weighted by Crippen LogP contribution is -2.03. The highest BCUT2D eigenvalue weighted by molar-refractivity contribution is 14.2. The molecule has 2 nitrogen and oxygen atoms in total. The van der Waals surface area contributed by atoms with Crippen LogP contribution in [-0.4, -0.2) is 5.71 Å². The summed E-state index contributed by atoms with van der Waals surface area (Å²) in [7, 11) is 1.48. The van der Waals surface area contributed by atoms with E-state index in [1.807, 2.05) is 19.9 Å². The minimum atomic E-state index is 0.526. The summed E-state index contributed by atoms with van der Waals surface area (Å²) in [5.74, 6) is 0.526. The zero-order valence-corrected chi connectivity index (χ0v) is 12.6. The molecule has 0 heterocycles. The van der Waals surface area contributed by atoms with Crippen LogP contribution in [0.4, 0.5) is 0 Å². The van der Waals surface area contributed by atoms with Crippen molar-refractivity contribution in [1.29, 1.82) is 0 Å². The summed E-state index contributed by atoms with van der Waals surface area (Å²) in [6.45, 7) is 10.3. The number of hydrazone groups is 1. The Kier molecular flexibility index (Phi) is 9.29. The van der Waals surface area contributed by atoms with Crippen LogP contribution in [0.1, 0.15) is 33.6 Å².